The molecular formula is C17H21N3O2S. The number of aromatic nitrogens is 2. The van der Waals surface area contributed by atoms with Gasteiger partial charge in [-0.1, -0.05) is 0 Å². The highest BCUT2D eigenvalue weighted by Gasteiger charge is 2.28. The van der Waals surface area contributed by atoms with Gasteiger partial charge in [-0.2, -0.15) is 0 Å². The fourth-order valence-corrected chi connectivity index (χ4v) is 3.87. The third-order valence-corrected chi connectivity index (χ3v) is 5.13. The highest BCUT2D eigenvalue weighted by molar-refractivity contribution is 7.13. The van der Waals surface area contributed by atoms with Gasteiger partial charge in [-0.25, -0.2) is 4.98 Å². The van der Waals surface area contributed by atoms with Crippen LogP contribution in [0.2, 0.25) is 0 Å². The molecule has 0 saturated carbocycles. The number of aliphatic hydroxyl groups is 1. The minimum Gasteiger partial charge on any atom is -0.396 e. The lowest BCUT2D eigenvalue weighted by molar-refractivity contribution is -0.131. The molecule has 1 atom stereocenters. The number of carbonyl (C=O) groups is 1. The standard InChI is InChI=1S/C17H21N3O2S/c21-9-3-6-15-5-2-8-20(15)16(22)10-14-12-23-17(19-14)13-4-1-7-18-11-13/h1,4,7,11-12,15,21H,2-3,5-6,8-10H2. The molecule has 1 fully saturated rings. The Balaban J connectivity index is 1.63. The Labute approximate surface area is 140 Å². The molecule has 2 aromatic rings. The molecule has 1 aliphatic rings. The lowest BCUT2D eigenvalue weighted by atomic mass is 10.1. The van der Waals surface area contributed by atoms with Gasteiger partial charge in [0.2, 0.25) is 5.91 Å². The van der Waals surface area contributed by atoms with E-state index in [0.717, 1.165) is 48.5 Å². The minimum atomic E-state index is 0.147. The van der Waals surface area contributed by atoms with Crippen molar-refractivity contribution in [3.05, 3.63) is 35.6 Å². The summed E-state index contributed by atoms with van der Waals surface area (Å²) in [6.45, 7) is 1.02. The number of carbonyl (C=O) groups excluding carboxylic acids is 1. The van der Waals surface area contributed by atoms with Crippen LogP contribution in [0.1, 0.15) is 31.4 Å². The van der Waals surface area contributed by atoms with Crippen molar-refractivity contribution in [1.29, 1.82) is 0 Å². The largest absolute Gasteiger partial charge is 0.396 e. The second-order valence-electron chi connectivity index (χ2n) is 5.81. The molecule has 1 amide bonds. The number of thiazole rings is 1. The van der Waals surface area contributed by atoms with Gasteiger partial charge in [-0.15, -0.1) is 11.3 Å². The lowest BCUT2D eigenvalue weighted by Gasteiger charge is -2.24. The fourth-order valence-electron chi connectivity index (χ4n) is 3.06. The average Bonchev–Trinajstić information content (AvgIpc) is 3.23. The lowest BCUT2D eigenvalue weighted by Crippen LogP contribution is -2.36. The first kappa shape index (κ1) is 16.1. The normalized spacial score (nSPS) is 17.6. The molecule has 1 N–H and O–H groups in total. The molecule has 0 bridgehead atoms. The van der Waals surface area contributed by atoms with Gasteiger partial charge in [-0.3, -0.25) is 9.78 Å². The third-order valence-electron chi connectivity index (χ3n) is 4.19. The van der Waals surface area contributed by atoms with E-state index in [1.165, 1.54) is 0 Å². The van der Waals surface area contributed by atoms with Crippen molar-refractivity contribution in [3.8, 4) is 10.6 Å². The van der Waals surface area contributed by atoms with Crippen LogP contribution >= 0.6 is 11.3 Å². The maximum atomic E-state index is 12.5. The number of pyridine rings is 1. The van der Waals surface area contributed by atoms with Gasteiger partial charge in [-0.05, 0) is 37.8 Å². The van der Waals surface area contributed by atoms with Crippen LogP contribution in [0.3, 0.4) is 0 Å². The topological polar surface area (TPSA) is 66.3 Å². The Bertz CT molecular complexity index is 644. The van der Waals surface area contributed by atoms with Crippen molar-refractivity contribution < 1.29 is 9.90 Å². The van der Waals surface area contributed by atoms with Crippen molar-refractivity contribution in [2.24, 2.45) is 0 Å². The molecule has 0 radical (unpaired) electrons. The number of likely N-dealkylation sites (tertiary alicyclic amines) is 1. The maximum Gasteiger partial charge on any atom is 0.228 e. The first-order chi connectivity index (χ1) is 11.3. The number of hydrogen-bond donors (Lipinski definition) is 1. The monoisotopic (exact) mass is 331 g/mol. The minimum absolute atomic E-state index is 0.147. The van der Waals surface area contributed by atoms with Crippen LogP contribution in [0.15, 0.2) is 29.9 Å². The second-order valence-corrected chi connectivity index (χ2v) is 6.67. The quantitative estimate of drug-likeness (QED) is 0.883. The van der Waals surface area contributed by atoms with E-state index in [2.05, 4.69) is 9.97 Å². The van der Waals surface area contributed by atoms with Crippen LogP contribution in [0.4, 0.5) is 0 Å². The number of aliphatic hydroxyl groups excluding tert-OH is 1. The van der Waals surface area contributed by atoms with Crippen molar-refractivity contribution in [3.63, 3.8) is 0 Å². The summed E-state index contributed by atoms with van der Waals surface area (Å²) in [6, 6.07) is 4.14. The van der Waals surface area contributed by atoms with Gasteiger partial charge in [0.05, 0.1) is 12.1 Å². The Kier molecular flexibility index (Phi) is 5.35. The summed E-state index contributed by atoms with van der Waals surface area (Å²) < 4.78 is 0. The Morgan fingerprint density at radius 2 is 2.39 bits per heavy atom. The molecule has 6 heteroatoms. The summed E-state index contributed by atoms with van der Waals surface area (Å²) >= 11 is 1.55. The molecular weight excluding hydrogens is 310 g/mol. The molecule has 0 aromatic carbocycles. The molecule has 0 aliphatic carbocycles. The smallest absolute Gasteiger partial charge is 0.228 e. The number of hydrogen-bond acceptors (Lipinski definition) is 5. The van der Waals surface area contributed by atoms with E-state index in [9.17, 15) is 4.79 Å². The van der Waals surface area contributed by atoms with Gasteiger partial charge < -0.3 is 10.0 Å². The molecule has 122 valence electrons. The summed E-state index contributed by atoms with van der Waals surface area (Å²) in [6.07, 6.45) is 7.63. The molecule has 5 nitrogen and oxygen atoms in total. The van der Waals surface area contributed by atoms with Crippen LogP contribution in [0, 0.1) is 0 Å². The van der Waals surface area contributed by atoms with E-state index >= 15 is 0 Å². The van der Waals surface area contributed by atoms with Crippen molar-refractivity contribution in [2.45, 2.75) is 38.1 Å². The highest BCUT2D eigenvalue weighted by atomic mass is 32.1. The SMILES string of the molecule is O=C(Cc1csc(-c2cccnc2)n1)N1CCCC1CCCO. The third kappa shape index (κ3) is 3.95. The molecule has 3 rings (SSSR count). The summed E-state index contributed by atoms with van der Waals surface area (Å²) in [5.74, 6) is 0.147. The molecule has 3 heterocycles. The molecule has 23 heavy (non-hydrogen) atoms. The summed E-state index contributed by atoms with van der Waals surface area (Å²) in [5.41, 5.74) is 1.81. The van der Waals surface area contributed by atoms with E-state index in [0.29, 0.717) is 6.42 Å². The van der Waals surface area contributed by atoms with Crippen LogP contribution in [-0.4, -0.2) is 45.1 Å². The zero-order valence-corrected chi connectivity index (χ0v) is 13.8. The fraction of sp³-hybridized carbons (Fsp3) is 0.471. The van der Waals surface area contributed by atoms with E-state index < -0.39 is 0 Å². The van der Waals surface area contributed by atoms with Crippen molar-refractivity contribution in [2.75, 3.05) is 13.2 Å². The summed E-state index contributed by atoms with van der Waals surface area (Å²) in [5, 5.41) is 11.8. The second kappa shape index (κ2) is 7.66. The van der Waals surface area contributed by atoms with Gasteiger partial charge in [0.15, 0.2) is 0 Å². The van der Waals surface area contributed by atoms with Gasteiger partial charge in [0.1, 0.15) is 5.01 Å². The average molecular weight is 331 g/mol. The van der Waals surface area contributed by atoms with Crippen LogP contribution in [0.5, 0.6) is 0 Å². The Morgan fingerprint density at radius 3 is 3.17 bits per heavy atom. The van der Waals surface area contributed by atoms with E-state index in [1.54, 1.807) is 23.7 Å². The summed E-state index contributed by atoms with van der Waals surface area (Å²) in [7, 11) is 0. The first-order valence-corrected chi connectivity index (χ1v) is 8.91. The van der Waals surface area contributed by atoms with Crippen molar-refractivity contribution in [1.82, 2.24) is 14.9 Å². The predicted molar refractivity (Wildman–Crippen MR) is 90.1 cm³/mol. The number of nitrogens with zero attached hydrogens (tertiary/aromatic N) is 3. The molecule has 1 saturated heterocycles. The first-order valence-electron chi connectivity index (χ1n) is 8.03. The van der Waals surface area contributed by atoms with Gasteiger partial charge in [0, 0.05) is 42.5 Å². The van der Waals surface area contributed by atoms with Gasteiger partial charge in [0.25, 0.3) is 0 Å². The van der Waals surface area contributed by atoms with E-state index in [1.807, 2.05) is 22.4 Å². The van der Waals surface area contributed by atoms with Crippen LogP contribution < -0.4 is 0 Å². The predicted octanol–water partition coefficient (Wildman–Crippen LogP) is 2.51. The Morgan fingerprint density at radius 1 is 1.48 bits per heavy atom. The Hall–Kier alpha value is -1.79. The maximum absolute atomic E-state index is 12.5. The zero-order chi connectivity index (χ0) is 16.1. The van der Waals surface area contributed by atoms with E-state index in [-0.39, 0.29) is 18.6 Å². The van der Waals surface area contributed by atoms with Crippen LogP contribution in [-0.2, 0) is 11.2 Å². The van der Waals surface area contributed by atoms with Crippen molar-refractivity contribution >= 4 is 17.2 Å². The zero-order valence-electron chi connectivity index (χ0n) is 13.0. The van der Waals surface area contributed by atoms with Crippen LogP contribution in [0.25, 0.3) is 10.6 Å². The van der Waals surface area contributed by atoms with Gasteiger partial charge >= 0.3 is 0 Å². The summed E-state index contributed by atoms with van der Waals surface area (Å²) in [4.78, 5) is 23.2. The number of amides is 1. The highest BCUT2D eigenvalue weighted by Crippen LogP contribution is 2.25. The van der Waals surface area contributed by atoms with E-state index in [4.69, 9.17) is 5.11 Å². The molecule has 1 aliphatic heterocycles. The molecule has 1 unspecified atom stereocenters. The molecule has 2 aromatic heterocycles. The molecule has 0 spiro atoms. The number of rotatable bonds is 6.